The minimum atomic E-state index is -3.77. The fraction of sp³-hybridized carbons (Fsp3) is 0.143. The first-order chi connectivity index (χ1) is 8.84. The van der Waals surface area contributed by atoms with E-state index in [0.717, 1.165) is 0 Å². The number of hydrogen-bond acceptors (Lipinski definition) is 4. The second kappa shape index (κ2) is 4.59. The molecule has 2 rings (SSSR count). The third kappa shape index (κ3) is 2.29. The first kappa shape index (κ1) is 13.4. The summed E-state index contributed by atoms with van der Waals surface area (Å²) in [4.78, 5) is 0.0856. The van der Waals surface area contributed by atoms with Crippen LogP contribution in [0.2, 0.25) is 0 Å². The fourth-order valence-corrected chi connectivity index (χ4v) is 3.66. The molecule has 0 aromatic heterocycles. The average Bonchev–Trinajstić information content (AvgIpc) is 2.35. The van der Waals surface area contributed by atoms with Crippen LogP contribution < -0.4 is 0 Å². The highest BCUT2D eigenvalue weighted by Crippen LogP contribution is 2.31. The lowest BCUT2D eigenvalue weighted by atomic mass is 10.2. The normalized spacial score (nSPS) is 11.5. The standard InChI is InChI=1S/C14H14O4S/c1-9-6-7-11(15)8-14(9)19(17,18)13-5-3-4-12(16)10(13)2/h3-8,15-16H,1-2H3. The summed E-state index contributed by atoms with van der Waals surface area (Å²) in [6.45, 7) is 3.20. The minimum Gasteiger partial charge on any atom is -0.508 e. The number of phenols is 2. The summed E-state index contributed by atoms with van der Waals surface area (Å²) < 4.78 is 25.1. The molecule has 0 bridgehead atoms. The van der Waals surface area contributed by atoms with E-state index >= 15 is 0 Å². The Labute approximate surface area is 111 Å². The van der Waals surface area contributed by atoms with Crippen LogP contribution in [0.25, 0.3) is 0 Å². The third-order valence-electron chi connectivity index (χ3n) is 3.01. The first-order valence-corrected chi connectivity index (χ1v) is 7.15. The van der Waals surface area contributed by atoms with Crippen LogP contribution in [0, 0.1) is 13.8 Å². The molecule has 4 nitrogen and oxygen atoms in total. The Morgan fingerprint density at radius 1 is 0.947 bits per heavy atom. The van der Waals surface area contributed by atoms with Gasteiger partial charge >= 0.3 is 0 Å². The van der Waals surface area contributed by atoms with Crippen LogP contribution in [0.3, 0.4) is 0 Å². The molecule has 5 heteroatoms. The van der Waals surface area contributed by atoms with Crippen molar-refractivity contribution >= 4 is 9.84 Å². The maximum atomic E-state index is 12.6. The van der Waals surface area contributed by atoms with Crippen molar-refractivity contribution in [3.8, 4) is 11.5 Å². The molecule has 100 valence electrons. The zero-order valence-electron chi connectivity index (χ0n) is 10.6. The molecule has 2 aromatic carbocycles. The van der Waals surface area contributed by atoms with Gasteiger partial charge in [-0.15, -0.1) is 0 Å². The summed E-state index contributed by atoms with van der Waals surface area (Å²) >= 11 is 0. The number of benzene rings is 2. The molecule has 0 unspecified atom stereocenters. The van der Waals surface area contributed by atoms with Gasteiger partial charge in [0.05, 0.1) is 9.79 Å². The zero-order valence-corrected chi connectivity index (χ0v) is 11.4. The predicted octanol–water partition coefficient (Wildman–Crippen LogP) is 2.55. The largest absolute Gasteiger partial charge is 0.508 e. The van der Waals surface area contributed by atoms with Gasteiger partial charge in [-0.25, -0.2) is 8.42 Å². The van der Waals surface area contributed by atoms with Crippen LogP contribution in [0.1, 0.15) is 11.1 Å². The van der Waals surface area contributed by atoms with E-state index in [1.54, 1.807) is 19.9 Å². The number of phenolic OH excluding ortho intramolecular Hbond substituents is 2. The van der Waals surface area contributed by atoms with Gasteiger partial charge in [0.15, 0.2) is 0 Å². The Balaban J connectivity index is 2.73. The number of aromatic hydroxyl groups is 2. The summed E-state index contributed by atoms with van der Waals surface area (Å²) in [5.41, 5.74) is 0.839. The van der Waals surface area contributed by atoms with Crippen molar-refractivity contribution in [1.82, 2.24) is 0 Å². The number of rotatable bonds is 2. The van der Waals surface area contributed by atoms with Crippen molar-refractivity contribution in [2.45, 2.75) is 23.6 Å². The van der Waals surface area contributed by atoms with E-state index in [2.05, 4.69) is 0 Å². The lowest BCUT2D eigenvalue weighted by Gasteiger charge is -2.11. The topological polar surface area (TPSA) is 74.6 Å². The number of aryl methyl sites for hydroxylation is 1. The van der Waals surface area contributed by atoms with E-state index in [4.69, 9.17) is 0 Å². The maximum absolute atomic E-state index is 12.6. The Morgan fingerprint density at radius 3 is 2.32 bits per heavy atom. The molecule has 0 aliphatic carbocycles. The third-order valence-corrected chi connectivity index (χ3v) is 5.05. The molecule has 0 saturated heterocycles. The molecule has 19 heavy (non-hydrogen) atoms. The average molecular weight is 278 g/mol. The first-order valence-electron chi connectivity index (χ1n) is 5.67. The Hall–Kier alpha value is -2.01. The van der Waals surface area contributed by atoms with Gasteiger partial charge in [-0.05, 0) is 43.7 Å². The summed E-state index contributed by atoms with van der Waals surface area (Å²) in [5, 5.41) is 19.1. The smallest absolute Gasteiger partial charge is 0.207 e. The molecular formula is C14H14O4S. The number of sulfone groups is 1. The van der Waals surface area contributed by atoms with Crippen molar-refractivity contribution in [2.24, 2.45) is 0 Å². The molecule has 0 aliphatic rings. The van der Waals surface area contributed by atoms with Crippen molar-refractivity contribution in [3.63, 3.8) is 0 Å². The molecule has 0 amide bonds. The van der Waals surface area contributed by atoms with Gasteiger partial charge in [-0.2, -0.15) is 0 Å². The Morgan fingerprint density at radius 2 is 1.63 bits per heavy atom. The molecule has 0 atom stereocenters. The lowest BCUT2D eigenvalue weighted by molar-refractivity contribution is 0.468. The SMILES string of the molecule is Cc1ccc(O)cc1S(=O)(=O)c1cccc(O)c1C. The quantitative estimate of drug-likeness (QED) is 0.885. The van der Waals surface area contributed by atoms with Gasteiger partial charge in [-0.3, -0.25) is 0 Å². The van der Waals surface area contributed by atoms with Crippen LogP contribution in [-0.2, 0) is 9.84 Å². The van der Waals surface area contributed by atoms with E-state index in [9.17, 15) is 18.6 Å². The van der Waals surface area contributed by atoms with Gasteiger partial charge in [0.2, 0.25) is 9.84 Å². The molecule has 0 aliphatic heterocycles. The van der Waals surface area contributed by atoms with E-state index < -0.39 is 9.84 Å². The summed E-state index contributed by atoms with van der Waals surface area (Å²) in [7, 11) is -3.77. The van der Waals surface area contributed by atoms with Crippen LogP contribution in [-0.4, -0.2) is 18.6 Å². The van der Waals surface area contributed by atoms with Gasteiger partial charge in [-0.1, -0.05) is 12.1 Å². The monoisotopic (exact) mass is 278 g/mol. The molecule has 0 saturated carbocycles. The van der Waals surface area contributed by atoms with E-state index in [1.165, 1.54) is 30.3 Å². The molecule has 2 N–H and O–H groups in total. The Kier molecular flexibility index (Phi) is 3.24. The van der Waals surface area contributed by atoms with Crippen molar-refractivity contribution in [2.75, 3.05) is 0 Å². The van der Waals surface area contributed by atoms with Crippen molar-refractivity contribution < 1.29 is 18.6 Å². The minimum absolute atomic E-state index is 0.0428. The Bertz CT molecular complexity index is 725. The summed E-state index contributed by atoms with van der Waals surface area (Å²) in [6.07, 6.45) is 0. The van der Waals surface area contributed by atoms with Gasteiger partial charge in [0.1, 0.15) is 11.5 Å². The van der Waals surface area contributed by atoms with Crippen molar-refractivity contribution in [1.29, 1.82) is 0 Å². The molecule has 0 fully saturated rings. The summed E-state index contributed by atoms with van der Waals surface area (Å²) in [5.74, 6) is -0.180. The zero-order chi connectivity index (χ0) is 14.2. The highest BCUT2D eigenvalue weighted by Gasteiger charge is 2.23. The van der Waals surface area contributed by atoms with E-state index in [1.807, 2.05) is 0 Å². The molecule has 0 spiro atoms. The lowest BCUT2D eigenvalue weighted by Crippen LogP contribution is -2.06. The molecule has 2 aromatic rings. The van der Waals surface area contributed by atoms with Gasteiger partial charge in [0, 0.05) is 5.56 Å². The van der Waals surface area contributed by atoms with E-state index in [0.29, 0.717) is 11.1 Å². The van der Waals surface area contributed by atoms with Crippen LogP contribution in [0.15, 0.2) is 46.2 Å². The molecule has 0 radical (unpaired) electrons. The van der Waals surface area contributed by atoms with E-state index in [-0.39, 0.29) is 21.3 Å². The van der Waals surface area contributed by atoms with Crippen LogP contribution in [0.5, 0.6) is 11.5 Å². The highest BCUT2D eigenvalue weighted by molar-refractivity contribution is 7.91. The van der Waals surface area contributed by atoms with Crippen LogP contribution >= 0.6 is 0 Å². The molecule has 0 heterocycles. The second-order valence-corrected chi connectivity index (χ2v) is 6.24. The number of hydrogen-bond donors (Lipinski definition) is 2. The maximum Gasteiger partial charge on any atom is 0.207 e. The van der Waals surface area contributed by atoms with Gasteiger partial charge in [0.25, 0.3) is 0 Å². The fourth-order valence-electron chi connectivity index (χ4n) is 1.89. The predicted molar refractivity (Wildman–Crippen MR) is 71.1 cm³/mol. The molecular weight excluding hydrogens is 264 g/mol. The van der Waals surface area contributed by atoms with Crippen LogP contribution in [0.4, 0.5) is 0 Å². The summed E-state index contributed by atoms with van der Waals surface area (Å²) in [6, 6.07) is 8.54. The van der Waals surface area contributed by atoms with Crippen molar-refractivity contribution in [3.05, 3.63) is 47.5 Å². The highest BCUT2D eigenvalue weighted by atomic mass is 32.2. The second-order valence-electron chi connectivity index (χ2n) is 4.35. The van der Waals surface area contributed by atoms with Gasteiger partial charge < -0.3 is 10.2 Å².